The third kappa shape index (κ3) is 2.38. The number of fused-ring (bicyclic) bond motifs is 1. The van der Waals surface area contributed by atoms with Gasteiger partial charge in [-0.3, -0.25) is 0 Å². The summed E-state index contributed by atoms with van der Waals surface area (Å²) in [5, 5.41) is 5.62. The second kappa shape index (κ2) is 5.54. The third-order valence-electron chi connectivity index (χ3n) is 3.96. The van der Waals surface area contributed by atoms with E-state index in [1.165, 1.54) is 11.3 Å². The average Bonchev–Trinajstić information content (AvgIpc) is 3.21. The monoisotopic (exact) mass is 336 g/mol. The summed E-state index contributed by atoms with van der Waals surface area (Å²) in [5.41, 5.74) is 0.575. The Balaban J connectivity index is 1.90. The highest BCUT2D eigenvalue weighted by atomic mass is 32.1. The molecule has 3 aromatic rings. The van der Waals surface area contributed by atoms with Crippen LogP contribution in [-0.2, 0) is 0 Å². The zero-order valence-corrected chi connectivity index (χ0v) is 13.2. The van der Waals surface area contributed by atoms with Gasteiger partial charge in [0.1, 0.15) is 5.01 Å². The SMILES string of the molecule is C[C@H]1CNCCN1c1nc2c(F)c(F)cc(-c3nccs3)c2o1. The number of hydrogen-bond acceptors (Lipinski definition) is 6. The quantitative estimate of drug-likeness (QED) is 0.780. The number of hydrogen-bond donors (Lipinski definition) is 1. The first-order chi connectivity index (χ1) is 11.1. The van der Waals surface area contributed by atoms with Crippen LogP contribution in [0.1, 0.15) is 6.92 Å². The number of thiazole rings is 1. The lowest BCUT2D eigenvalue weighted by Gasteiger charge is -2.32. The molecule has 0 radical (unpaired) electrons. The summed E-state index contributed by atoms with van der Waals surface area (Å²) < 4.78 is 33.9. The maximum absolute atomic E-state index is 14.2. The predicted molar refractivity (Wildman–Crippen MR) is 84.7 cm³/mol. The summed E-state index contributed by atoms with van der Waals surface area (Å²) in [6.07, 6.45) is 1.61. The predicted octanol–water partition coefficient (Wildman–Crippen LogP) is 3.03. The molecule has 3 heterocycles. The standard InChI is InChI=1S/C15H14F2N4OS/c1-8-7-18-2-4-21(8)15-20-12-11(17)10(16)6-9(13(12)22-15)14-19-3-5-23-14/h3,5-6,8,18H,2,4,7H2,1H3/t8-/m0/s1. The molecular formula is C15H14F2N4OS. The van der Waals surface area contributed by atoms with Crippen molar-refractivity contribution in [2.24, 2.45) is 0 Å². The van der Waals surface area contributed by atoms with Crippen LogP contribution in [0.5, 0.6) is 0 Å². The van der Waals surface area contributed by atoms with Crippen molar-refractivity contribution in [3.8, 4) is 10.6 Å². The molecule has 1 aliphatic heterocycles. The minimum absolute atomic E-state index is 0.0871. The molecule has 5 nitrogen and oxygen atoms in total. The Labute approximate surface area is 135 Å². The zero-order valence-electron chi connectivity index (χ0n) is 12.3. The van der Waals surface area contributed by atoms with E-state index in [-0.39, 0.29) is 17.1 Å². The maximum Gasteiger partial charge on any atom is 0.298 e. The third-order valence-corrected chi connectivity index (χ3v) is 4.77. The van der Waals surface area contributed by atoms with E-state index in [0.717, 1.165) is 19.2 Å². The number of benzene rings is 1. The Kier molecular flexibility index (Phi) is 3.50. The number of piperazine rings is 1. The number of oxazole rings is 1. The van der Waals surface area contributed by atoms with Crippen LogP contribution < -0.4 is 10.2 Å². The minimum atomic E-state index is -0.988. The summed E-state index contributed by atoms with van der Waals surface area (Å²) >= 11 is 1.34. The molecule has 1 fully saturated rings. The molecule has 1 aromatic carbocycles. The smallest absolute Gasteiger partial charge is 0.298 e. The molecule has 23 heavy (non-hydrogen) atoms. The molecule has 1 atom stereocenters. The van der Waals surface area contributed by atoms with E-state index in [1.807, 2.05) is 11.8 Å². The molecule has 1 aliphatic rings. The van der Waals surface area contributed by atoms with E-state index in [0.29, 0.717) is 23.1 Å². The van der Waals surface area contributed by atoms with Crippen molar-refractivity contribution >= 4 is 28.5 Å². The number of halogens is 2. The van der Waals surface area contributed by atoms with Crippen LogP contribution in [0.15, 0.2) is 22.1 Å². The van der Waals surface area contributed by atoms with Gasteiger partial charge in [-0.25, -0.2) is 13.8 Å². The van der Waals surface area contributed by atoms with E-state index in [2.05, 4.69) is 15.3 Å². The highest BCUT2D eigenvalue weighted by Crippen LogP contribution is 2.35. The second-order valence-corrected chi connectivity index (χ2v) is 6.37. The highest BCUT2D eigenvalue weighted by molar-refractivity contribution is 7.13. The summed E-state index contributed by atoms with van der Waals surface area (Å²) in [6.45, 7) is 4.30. The van der Waals surface area contributed by atoms with Crippen molar-refractivity contribution in [3.63, 3.8) is 0 Å². The number of aromatic nitrogens is 2. The van der Waals surface area contributed by atoms with E-state index in [9.17, 15) is 8.78 Å². The maximum atomic E-state index is 14.2. The highest BCUT2D eigenvalue weighted by Gasteiger charge is 2.26. The molecule has 120 valence electrons. The zero-order chi connectivity index (χ0) is 16.0. The van der Waals surface area contributed by atoms with Crippen molar-refractivity contribution in [2.45, 2.75) is 13.0 Å². The molecule has 1 saturated heterocycles. The van der Waals surface area contributed by atoms with Crippen LogP contribution in [0.25, 0.3) is 21.7 Å². The summed E-state index contributed by atoms with van der Waals surface area (Å²) in [7, 11) is 0. The summed E-state index contributed by atoms with van der Waals surface area (Å²) in [4.78, 5) is 10.3. The van der Waals surface area contributed by atoms with E-state index >= 15 is 0 Å². The van der Waals surface area contributed by atoms with E-state index < -0.39 is 11.6 Å². The van der Waals surface area contributed by atoms with E-state index in [1.54, 1.807) is 11.6 Å². The van der Waals surface area contributed by atoms with Crippen LogP contribution >= 0.6 is 11.3 Å². The minimum Gasteiger partial charge on any atom is -0.423 e. The van der Waals surface area contributed by atoms with Crippen LogP contribution in [0.3, 0.4) is 0 Å². The van der Waals surface area contributed by atoms with Crippen molar-refractivity contribution in [3.05, 3.63) is 29.3 Å². The lowest BCUT2D eigenvalue weighted by molar-refractivity contribution is 0.456. The molecule has 0 amide bonds. The van der Waals surface area contributed by atoms with Gasteiger partial charge in [0.05, 0.1) is 5.56 Å². The van der Waals surface area contributed by atoms with Gasteiger partial charge in [0, 0.05) is 37.3 Å². The Morgan fingerprint density at radius 3 is 3.04 bits per heavy atom. The normalized spacial score (nSPS) is 18.7. The number of nitrogens with zero attached hydrogens (tertiary/aromatic N) is 3. The van der Waals surface area contributed by atoms with Crippen molar-refractivity contribution in [2.75, 3.05) is 24.5 Å². The van der Waals surface area contributed by atoms with Gasteiger partial charge in [0.25, 0.3) is 6.01 Å². The van der Waals surface area contributed by atoms with E-state index in [4.69, 9.17) is 4.42 Å². The Hall–Kier alpha value is -2.06. The first-order valence-corrected chi connectivity index (χ1v) is 8.19. The van der Waals surface area contributed by atoms with Gasteiger partial charge in [0.15, 0.2) is 22.7 Å². The second-order valence-electron chi connectivity index (χ2n) is 5.48. The first-order valence-electron chi connectivity index (χ1n) is 7.31. The number of nitrogens with one attached hydrogen (secondary N) is 1. The average molecular weight is 336 g/mol. The topological polar surface area (TPSA) is 54.2 Å². The molecule has 0 bridgehead atoms. The Bertz CT molecular complexity index is 849. The molecule has 0 saturated carbocycles. The summed E-state index contributed by atoms with van der Waals surface area (Å²) in [6, 6.07) is 1.59. The molecule has 2 aromatic heterocycles. The van der Waals surface area contributed by atoms with Gasteiger partial charge in [-0.2, -0.15) is 4.98 Å². The fraction of sp³-hybridized carbons (Fsp3) is 0.333. The van der Waals surface area contributed by atoms with Crippen molar-refractivity contribution in [1.82, 2.24) is 15.3 Å². The van der Waals surface area contributed by atoms with Crippen LogP contribution in [0.4, 0.5) is 14.8 Å². The lowest BCUT2D eigenvalue weighted by atomic mass is 10.2. The van der Waals surface area contributed by atoms with Crippen molar-refractivity contribution in [1.29, 1.82) is 0 Å². The van der Waals surface area contributed by atoms with Crippen molar-refractivity contribution < 1.29 is 13.2 Å². The van der Waals surface area contributed by atoms with Gasteiger partial charge in [-0.1, -0.05) is 0 Å². The van der Waals surface area contributed by atoms with Gasteiger partial charge < -0.3 is 14.6 Å². The number of anilines is 1. The van der Waals surface area contributed by atoms with Crippen LogP contribution in [-0.4, -0.2) is 35.6 Å². The fourth-order valence-electron chi connectivity index (χ4n) is 2.77. The largest absolute Gasteiger partial charge is 0.423 e. The van der Waals surface area contributed by atoms with Gasteiger partial charge in [-0.05, 0) is 13.0 Å². The molecule has 8 heteroatoms. The molecule has 4 rings (SSSR count). The van der Waals surface area contributed by atoms with Gasteiger partial charge >= 0.3 is 0 Å². The fourth-order valence-corrected chi connectivity index (χ4v) is 3.42. The summed E-state index contributed by atoms with van der Waals surface area (Å²) in [5.74, 6) is -1.94. The molecular weight excluding hydrogens is 322 g/mol. The van der Waals surface area contributed by atoms with Crippen LogP contribution in [0, 0.1) is 11.6 Å². The molecule has 0 unspecified atom stereocenters. The Morgan fingerprint density at radius 2 is 2.30 bits per heavy atom. The molecule has 0 spiro atoms. The number of rotatable bonds is 2. The lowest BCUT2D eigenvalue weighted by Crippen LogP contribution is -2.50. The van der Waals surface area contributed by atoms with Crippen LogP contribution in [0.2, 0.25) is 0 Å². The van der Waals surface area contributed by atoms with Gasteiger partial charge in [-0.15, -0.1) is 11.3 Å². The molecule has 0 aliphatic carbocycles. The van der Waals surface area contributed by atoms with Gasteiger partial charge in [0.2, 0.25) is 0 Å². The molecule has 1 N–H and O–H groups in total. The Morgan fingerprint density at radius 1 is 1.43 bits per heavy atom. The first kappa shape index (κ1) is 14.5.